The van der Waals surface area contributed by atoms with Gasteiger partial charge in [0.2, 0.25) is 5.91 Å². The van der Waals surface area contributed by atoms with E-state index < -0.39 is 6.04 Å². The van der Waals surface area contributed by atoms with Crippen molar-refractivity contribution in [3.8, 4) is 0 Å². The first-order chi connectivity index (χ1) is 16.9. The molecule has 0 saturated heterocycles. The number of halogens is 1. The Morgan fingerprint density at radius 3 is 2.37 bits per heavy atom. The average Bonchev–Trinajstić information content (AvgIpc) is 3.29. The van der Waals surface area contributed by atoms with Gasteiger partial charge in [0, 0.05) is 49.7 Å². The van der Waals surface area contributed by atoms with Crippen molar-refractivity contribution in [2.75, 3.05) is 20.6 Å². The fourth-order valence-corrected chi connectivity index (χ4v) is 4.18. The molecule has 2 N–H and O–H groups in total. The fourth-order valence-electron chi connectivity index (χ4n) is 4.18. The zero-order chi connectivity index (χ0) is 24.8. The molecule has 0 radical (unpaired) electrons. The first-order valence-electron chi connectivity index (χ1n) is 11.8. The number of fused-ring (bicyclic) bond motifs is 1. The normalized spacial score (nSPS) is 12.0. The largest absolute Gasteiger partial charge is 0.360 e. The Labute approximate surface area is 205 Å². The number of aromatic amines is 1. The van der Waals surface area contributed by atoms with Gasteiger partial charge >= 0.3 is 0 Å². The number of nitrogens with zero attached hydrogens (tertiary/aromatic N) is 1. The Morgan fingerprint density at radius 1 is 0.943 bits per heavy atom. The molecule has 1 unspecified atom stereocenters. The molecule has 0 aliphatic rings. The number of H-pyrrole nitrogens is 1. The maximum atomic E-state index is 13.7. The van der Waals surface area contributed by atoms with E-state index in [4.69, 9.17) is 0 Å². The summed E-state index contributed by atoms with van der Waals surface area (Å²) in [7, 11) is 3.51. The second-order valence-electron chi connectivity index (χ2n) is 8.91. The van der Waals surface area contributed by atoms with Crippen LogP contribution < -0.4 is 5.32 Å². The highest BCUT2D eigenvalue weighted by Crippen LogP contribution is 2.26. The van der Waals surface area contributed by atoms with Crippen molar-refractivity contribution in [1.29, 1.82) is 0 Å². The third kappa shape index (κ3) is 6.03. The van der Waals surface area contributed by atoms with Gasteiger partial charge < -0.3 is 15.2 Å². The summed E-state index contributed by atoms with van der Waals surface area (Å²) in [5, 5.41) is 4.27. The minimum Gasteiger partial charge on any atom is -0.360 e. The summed E-state index contributed by atoms with van der Waals surface area (Å²) in [6.45, 7) is 0.573. The van der Waals surface area contributed by atoms with Crippen molar-refractivity contribution in [3.63, 3.8) is 0 Å². The van der Waals surface area contributed by atoms with Gasteiger partial charge in [-0.25, -0.2) is 4.39 Å². The van der Waals surface area contributed by atoms with Crippen molar-refractivity contribution >= 4 is 22.6 Å². The van der Waals surface area contributed by atoms with Crippen LogP contribution in [-0.4, -0.2) is 42.2 Å². The first-order valence-corrected chi connectivity index (χ1v) is 11.8. The van der Waals surface area contributed by atoms with Crippen LogP contribution in [0, 0.1) is 5.82 Å². The molecule has 0 aliphatic carbocycles. The predicted octanol–water partition coefficient (Wildman–Crippen LogP) is 5.08. The number of aryl methyl sites for hydroxylation is 1. The summed E-state index contributed by atoms with van der Waals surface area (Å²) in [5.41, 5.74) is 4.45. The van der Waals surface area contributed by atoms with Gasteiger partial charge in [0.25, 0.3) is 0 Å². The number of carbonyl (C=O) groups is 2. The molecule has 1 heterocycles. The molecule has 4 aromatic rings. The van der Waals surface area contributed by atoms with E-state index in [0.29, 0.717) is 31.4 Å². The molecule has 1 atom stereocenters. The van der Waals surface area contributed by atoms with Crippen LogP contribution in [0.2, 0.25) is 0 Å². The number of aromatic nitrogens is 1. The van der Waals surface area contributed by atoms with Crippen molar-refractivity contribution in [2.24, 2.45) is 0 Å². The van der Waals surface area contributed by atoms with E-state index in [2.05, 4.69) is 10.3 Å². The van der Waals surface area contributed by atoms with Crippen LogP contribution >= 0.6 is 0 Å². The SMILES string of the molecule is CN(C)C(=O)CCc1ccc2c(C(=O)C(NCCc3ccc(F)cc3)c3ccccc3)c[nH]c2c1. The Kier molecular flexibility index (Phi) is 7.73. The minimum absolute atomic E-state index is 0.0166. The topological polar surface area (TPSA) is 65.2 Å². The van der Waals surface area contributed by atoms with E-state index in [0.717, 1.165) is 27.6 Å². The third-order valence-electron chi connectivity index (χ3n) is 6.21. The van der Waals surface area contributed by atoms with E-state index in [1.807, 2.05) is 48.5 Å². The van der Waals surface area contributed by atoms with Gasteiger partial charge in [-0.2, -0.15) is 0 Å². The summed E-state index contributed by atoms with van der Waals surface area (Å²) >= 11 is 0. The van der Waals surface area contributed by atoms with Crippen molar-refractivity contribution in [2.45, 2.75) is 25.3 Å². The van der Waals surface area contributed by atoms with Crippen LogP contribution in [0.25, 0.3) is 10.9 Å². The number of hydrogen-bond donors (Lipinski definition) is 2. The molecule has 0 aliphatic heterocycles. The molecule has 180 valence electrons. The highest BCUT2D eigenvalue weighted by atomic mass is 19.1. The highest BCUT2D eigenvalue weighted by molar-refractivity contribution is 6.10. The van der Waals surface area contributed by atoms with E-state index in [-0.39, 0.29) is 17.5 Å². The molecular formula is C29H30FN3O2. The predicted molar refractivity (Wildman–Crippen MR) is 137 cm³/mol. The summed E-state index contributed by atoms with van der Waals surface area (Å²) < 4.78 is 13.2. The number of Topliss-reactive ketones (excluding diaryl/α,β-unsaturated/α-hetero) is 1. The minimum atomic E-state index is -0.506. The van der Waals surface area contributed by atoms with Crippen molar-refractivity contribution in [1.82, 2.24) is 15.2 Å². The summed E-state index contributed by atoms with van der Waals surface area (Å²) in [6, 6.07) is 21.5. The Morgan fingerprint density at radius 2 is 1.66 bits per heavy atom. The maximum Gasteiger partial charge on any atom is 0.222 e. The number of carbonyl (C=O) groups excluding carboxylic acids is 2. The van der Waals surface area contributed by atoms with Gasteiger partial charge in [0.05, 0.1) is 6.04 Å². The number of rotatable bonds is 10. The molecule has 3 aromatic carbocycles. The Hall–Kier alpha value is -3.77. The van der Waals surface area contributed by atoms with E-state index in [9.17, 15) is 14.0 Å². The summed E-state index contributed by atoms with van der Waals surface area (Å²) in [5.74, 6) is -0.187. The lowest BCUT2D eigenvalue weighted by Gasteiger charge is -2.18. The smallest absolute Gasteiger partial charge is 0.222 e. The molecule has 0 bridgehead atoms. The number of nitrogens with one attached hydrogen (secondary N) is 2. The van der Waals surface area contributed by atoms with E-state index in [1.165, 1.54) is 12.1 Å². The van der Waals surface area contributed by atoms with Crippen molar-refractivity contribution in [3.05, 3.63) is 107 Å². The second kappa shape index (κ2) is 11.1. The quantitative estimate of drug-likeness (QED) is 0.317. The van der Waals surface area contributed by atoms with E-state index in [1.54, 1.807) is 37.3 Å². The Balaban J connectivity index is 1.52. The van der Waals surface area contributed by atoms with Crippen LogP contribution in [0.3, 0.4) is 0 Å². The summed E-state index contributed by atoms with van der Waals surface area (Å²) in [4.78, 5) is 30.5. The number of amides is 1. The van der Waals surface area contributed by atoms with Crippen molar-refractivity contribution < 1.29 is 14.0 Å². The van der Waals surface area contributed by atoms with Crippen LogP contribution in [-0.2, 0) is 17.6 Å². The first kappa shape index (κ1) is 24.4. The van der Waals surface area contributed by atoms with Gasteiger partial charge in [0.1, 0.15) is 5.82 Å². The summed E-state index contributed by atoms with van der Waals surface area (Å²) in [6.07, 6.45) is 3.53. The van der Waals surface area contributed by atoms with Crippen LogP contribution in [0.1, 0.15) is 39.5 Å². The standard InChI is InChI=1S/C29H30FN3O2/c1-33(2)27(34)15-11-21-10-14-24-25(19-32-26(24)18-21)29(35)28(22-6-4-3-5-7-22)31-17-16-20-8-12-23(30)13-9-20/h3-10,12-14,18-19,28,31-32H,11,15-17H2,1-2H3. The van der Waals surface area contributed by atoms with Crippen LogP contribution in [0.4, 0.5) is 4.39 Å². The van der Waals surface area contributed by atoms with Gasteiger partial charge in [-0.05, 0) is 47.7 Å². The average molecular weight is 472 g/mol. The molecule has 1 amide bonds. The lowest BCUT2D eigenvalue weighted by molar-refractivity contribution is -0.128. The van der Waals surface area contributed by atoms with E-state index >= 15 is 0 Å². The number of ketones is 1. The zero-order valence-corrected chi connectivity index (χ0v) is 20.1. The molecule has 0 fully saturated rings. The molecular weight excluding hydrogens is 441 g/mol. The molecule has 1 aromatic heterocycles. The maximum absolute atomic E-state index is 13.7. The lowest BCUT2D eigenvalue weighted by Crippen LogP contribution is -2.30. The zero-order valence-electron chi connectivity index (χ0n) is 20.1. The molecule has 0 spiro atoms. The van der Waals surface area contributed by atoms with Gasteiger partial charge in [-0.1, -0.05) is 54.6 Å². The molecule has 35 heavy (non-hydrogen) atoms. The van der Waals surface area contributed by atoms with Crippen LogP contribution in [0.5, 0.6) is 0 Å². The molecule has 5 nitrogen and oxygen atoms in total. The monoisotopic (exact) mass is 471 g/mol. The number of benzene rings is 3. The fraction of sp³-hybridized carbons (Fsp3) is 0.241. The highest BCUT2D eigenvalue weighted by Gasteiger charge is 2.24. The number of hydrogen-bond acceptors (Lipinski definition) is 3. The van der Waals surface area contributed by atoms with Gasteiger partial charge in [-0.15, -0.1) is 0 Å². The molecule has 4 rings (SSSR count). The Bertz CT molecular complexity index is 1300. The van der Waals surface area contributed by atoms with Gasteiger partial charge in [-0.3, -0.25) is 9.59 Å². The molecule has 6 heteroatoms. The third-order valence-corrected chi connectivity index (χ3v) is 6.21. The van der Waals surface area contributed by atoms with Gasteiger partial charge in [0.15, 0.2) is 5.78 Å². The molecule has 0 saturated carbocycles. The lowest BCUT2D eigenvalue weighted by atomic mass is 9.96. The van der Waals surface area contributed by atoms with Crippen LogP contribution in [0.15, 0.2) is 79.0 Å². The second-order valence-corrected chi connectivity index (χ2v) is 8.91.